The minimum Gasteiger partial charge on any atom is -0.370 e. The summed E-state index contributed by atoms with van der Waals surface area (Å²) < 4.78 is 0. The fourth-order valence-corrected chi connectivity index (χ4v) is 1.89. The number of nitrogens with zero attached hydrogens (tertiary/aromatic N) is 2. The molecule has 0 saturated carbocycles. The number of amides is 1. The van der Waals surface area contributed by atoms with Crippen LogP contribution in [0.1, 0.15) is 43.5 Å². The lowest BCUT2D eigenvalue weighted by molar-refractivity contribution is 0.0793. The van der Waals surface area contributed by atoms with Crippen LogP contribution in [0.3, 0.4) is 0 Å². The van der Waals surface area contributed by atoms with Gasteiger partial charge in [0, 0.05) is 25.7 Å². The molecule has 5 heteroatoms. The van der Waals surface area contributed by atoms with E-state index in [2.05, 4.69) is 24.1 Å². The Balaban J connectivity index is 2.81. The summed E-state index contributed by atoms with van der Waals surface area (Å²) in [6, 6.07) is 3.37. The topological polar surface area (TPSA) is 45.2 Å². The highest BCUT2D eigenvalue weighted by Gasteiger charge is 2.13. The van der Waals surface area contributed by atoms with E-state index >= 15 is 0 Å². The van der Waals surface area contributed by atoms with Gasteiger partial charge in [-0.25, -0.2) is 4.98 Å². The molecule has 1 aromatic heterocycles. The maximum absolute atomic E-state index is 12.2. The van der Waals surface area contributed by atoms with E-state index in [0.717, 1.165) is 32.4 Å². The molecular weight excluding hydrogens is 262 g/mol. The zero-order chi connectivity index (χ0) is 14.3. The average Bonchev–Trinajstić information content (AvgIpc) is 2.41. The van der Waals surface area contributed by atoms with Crippen LogP contribution in [0.2, 0.25) is 5.15 Å². The molecular formula is C14H22ClN3O. The van der Waals surface area contributed by atoms with Gasteiger partial charge in [-0.15, -0.1) is 0 Å². The van der Waals surface area contributed by atoms with E-state index in [1.54, 1.807) is 17.0 Å². The first-order valence-corrected chi connectivity index (χ1v) is 7.13. The first-order valence-electron chi connectivity index (χ1n) is 6.75. The highest BCUT2D eigenvalue weighted by atomic mass is 35.5. The molecule has 1 N–H and O–H groups in total. The van der Waals surface area contributed by atoms with Crippen LogP contribution in [0.25, 0.3) is 0 Å². The van der Waals surface area contributed by atoms with Crippen molar-refractivity contribution >= 4 is 23.3 Å². The summed E-state index contributed by atoms with van der Waals surface area (Å²) in [6.07, 6.45) is 3.06. The van der Waals surface area contributed by atoms with Gasteiger partial charge in [-0.1, -0.05) is 31.9 Å². The lowest BCUT2D eigenvalue weighted by atomic mass is 10.2. The second-order valence-electron chi connectivity index (χ2n) is 4.57. The van der Waals surface area contributed by atoms with Crippen LogP contribution < -0.4 is 5.32 Å². The minimum absolute atomic E-state index is 0.0164. The molecule has 0 aliphatic carbocycles. The highest BCUT2D eigenvalue weighted by Crippen LogP contribution is 2.16. The maximum Gasteiger partial charge on any atom is 0.253 e. The van der Waals surface area contributed by atoms with Crippen LogP contribution in [-0.2, 0) is 0 Å². The third-order valence-corrected chi connectivity index (χ3v) is 2.98. The van der Waals surface area contributed by atoms with Gasteiger partial charge in [-0.2, -0.15) is 0 Å². The predicted molar refractivity (Wildman–Crippen MR) is 79.9 cm³/mol. The average molecular weight is 284 g/mol. The summed E-state index contributed by atoms with van der Waals surface area (Å²) in [5.74, 6) is 0.638. The summed E-state index contributed by atoms with van der Waals surface area (Å²) in [5.41, 5.74) is 0.581. The summed E-state index contributed by atoms with van der Waals surface area (Å²) >= 11 is 5.96. The normalized spacial score (nSPS) is 10.3. The molecule has 1 aromatic rings. The van der Waals surface area contributed by atoms with Gasteiger partial charge in [0.05, 0.1) is 0 Å². The molecule has 0 aliphatic heterocycles. The third-order valence-electron chi connectivity index (χ3n) is 2.79. The largest absolute Gasteiger partial charge is 0.370 e. The smallest absolute Gasteiger partial charge is 0.253 e. The van der Waals surface area contributed by atoms with E-state index in [-0.39, 0.29) is 5.91 Å². The maximum atomic E-state index is 12.2. The molecule has 1 heterocycles. The Bertz CT molecular complexity index is 423. The summed E-state index contributed by atoms with van der Waals surface area (Å²) in [6.45, 7) is 5.75. The van der Waals surface area contributed by atoms with E-state index in [1.807, 2.05) is 7.05 Å². The van der Waals surface area contributed by atoms with E-state index in [1.165, 1.54) is 0 Å². The van der Waals surface area contributed by atoms with Crippen molar-refractivity contribution < 1.29 is 4.79 Å². The van der Waals surface area contributed by atoms with Crippen molar-refractivity contribution in [2.45, 2.75) is 33.1 Å². The van der Waals surface area contributed by atoms with Crippen molar-refractivity contribution in [3.05, 3.63) is 22.8 Å². The number of carbonyl (C=O) groups excluding carboxylic acids is 1. The number of halogens is 1. The Morgan fingerprint density at radius 2 is 2.11 bits per heavy atom. The number of unbranched alkanes of at least 4 members (excludes halogenated alkanes) is 1. The zero-order valence-electron chi connectivity index (χ0n) is 11.9. The van der Waals surface area contributed by atoms with Crippen molar-refractivity contribution in [1.29, 1.82) is 0 Å². The van der Waals surface area contributed by atoms with Crippen molar-refractivity contribution in [3.63, 3.8) is 0 Å². The quantitative estimate of drug-likeness (QED) is 0.780. The first kappa shape index (κ1) is 15.8. The van der Waals surface area contributed by atoms with Crippen molar-refractivity contribution in [2.24, 2.45) is 0 Å². The molecule has 0 aliphatic rings. The first-order chi connectivity index (χ1) is 9.08. The predicted octanol–water partition coefficient (Wildman–Crippen LogP) is 3.43. The molecule has 0 atom stereocenters. The van der Waals surface area contributed by atoms with Gasteiger partial charge in [-0.05, 0) is 25.0 Å². The molecule has 0 aromatic carbocycles. The fraction of sp³-hybridized carbons (Fsp3) is 0.571. The second-order valence-corrected chi connectivity index (χ2v) is 4.96. The van der Waals surface area contributed by atoms with E-state index in [9.17, 15) is 4.79 Å². The third kappa shape index (κ3) is 5.07. The van der Waals surface area contributed by atoms with Crippen LogP contribution in [0.5, 0.6) is 0 Å². The second kappa shape index (κ2) is 8.00. The van der Waals surface area contributed by atoms with E-state index < -0.39 is 0 Å². The van der Waals surface area contributed by atoms with Gasteiger partial charge in [0.1, 0.15) is 11.0 Å². The molecule has 0 spiro atoms. The van der Waals surface area contributed by atoms with Gasteiger partial charge < -0.3 is 10.2 Å². The summed E-state index contributed by atoms with van der Waals surface area (Å²) in [4.78, 5) is 18.1. The van der Waals surface area contributed by atoms with E-state index in [4.69, 9.17) is 11.6 Å². The SMILES string of the molecule is CCCCN(C)C(=O)c1cc(Cl)nc(NCCC)c1. The number of aromatic nitrogens is 1. The molecule has 1 amide bonds. The molecule has 0 bridgehead atoms. The molecule has 0 unspecified atom stereocenters. The number of nitrogens with one attached hydrogen (secondary N) is 1. The standard InChI is InChI=1S/C14H22ClN3O/c1-4-6-8-18(3)14(19)11-9-12(15)17-13(10-11)16-7-5-2/h9-10H,4-8H2,1-3H3,(H,16,17). The van der Waals surface area contributed by atoms with Gasteiger partial charge in [0.15, 0.2) is 0 Å². The monoisotopic (exact) mass is 283 g/mol. The Kier molecular flexibility index (Phi) is 6.64. The van der Waals surface area contributed by atoms with Gasteiger partial charge in [0.2, 0.25) is 0 Å². The molecule has 1 rings (SSSR count). The van der Waals surface area contributed by atoms with E-state index in [0.29, 0.717) is 16.5 Å². The van der Waals surface area contributed by atoms with Crippen LogP contribution >= 0.6 is 11.6 Å². The zero-order valence-corrected chi connectivity index (χ0v) is 12.6. The number of hydrogen-bond acceptors (Lipinski definition) is 3. The molecule has 0 fully saturated rings. The number of carbonyl (C=O) groups is 1. The van der Waals surface area contributed by atoms with Gasteiger partial charge in [-0.3, -0.25) is 4.79 Å². The van der Waals surface area contributed by atoms with Crippen molar-refractivity contribution in [1.82, 2.24) is 9.88 Å². The summed E-state index contributed by atoms with van der Waals surface area (Å²) in [5, 5.41) is 3.49. The van der Waals surface area contributed by atoms with Crippen molar-refractivity contribution in [3.8, 4) is 0 Å². The molecule has 4 nitrogen and oxygen atoms in total. The number of rotatable bonds is 7. The van der Waals surface area contributed by atoms with Gasteiger partial charge >= 0.3 is 0 Å². The lowest BCUT2D eigenvalue weighted by Crippen LogP contribution is -2.27. The molecule has 0 saturated heterocycles. The Hall–Kier alpha value is -1.29. The fourth-order valence-electron chi connectivity index (χ4n) is 1.68. The Labute approximate surface area is 120 Å². The number of anilines is 1. The molecule has 19 heavy (non-hydrogen) atoms. The Morgan fingerprint density at radius 3 is 2.74 bits per heavy atom. The van der Waals surface area contributed by atoms with Crippen LogP contribution in [-0.4, -0.2) is 35.9 Å². The minimum atomic E-state index is -0.0164. The van der Waals surface area contributed by atoms with Gasteiger partial charge in [0.25, 0.3) is 5.91 Å². The lowest BCUT2D eigenvalue weighted by Gasteiger charge is -2.17. The Morgan fingerprint density at radius 1 is 1.37 bits per heavy atom. The number of pyridine rings is 1. The van der Waals surface area contributed by atoms with Crippen molar-refractivity contribution in [2.75, 3.05) is 25.5 Å². The summed E-state index contributed by atoms with van der Waals surface area (Å²) in [7, 11) is 1.81. The van der Waals surface area contributed by atoms with Crippen LogP contribution in [0, 0.1) is 0 Å². The van der Waals surface area contributed by atoms with Crippen LogP contribution in [0.15, 0.2) is 12.1 Å². The molecule has 0 radical (unpaired) electrons. The molecule has 106 valence electrons. The highest BCUT2D eigenvalue weighted by molar-refractivity contribution is 6.29. The number of hydrogen-bond donors (Lipinski definition) is 1. The van der Waals surface area contributed by atoms with Crippen LogP contribution in [0.4, 0.5) is 5.82 Å².